The van der Waals surface area contributed by atoms with E-state index in [-0.39, 0.29) is 0 Å². The van der Waals surface area contributed by atoms with Crippen LogP contribution >= 0.6 is 11.8 Å². The van der Waals surface area contributed by atoms with Gasteiger partial charge in [0.05, 0.1) is 16.3 Å². The molecule has 0 radical (unpaired) electrons. The van der Waals surface area contributed by atoms with E-state index < -0.39 is 0 Å². The molecule has 2 aromatic rings. The smallest absolute Gasteiger partial charge is 0.168 e. The van der Waals surface area contributed by atoms with Crippen LogP contribution in [0.4, 0.5) is 11.4 Å². The van der Waals surface area contributed by atoms with E-state index >= 15 is 0 Å². The minimum atomic E-state index is 0.972. The molecule has 0 saturated heterocycles. The lowest BCUT2D eigenvalue weighted by molar-refractivity contribution is 0.945. The Hall–Kier alpha value is -2.20. The van der Waals surface area contributed by atoms with Crippen LogP contribution in [0.1, 0.15) is 5.56 Å². The van der Waals surface area contributed by atoms with Crippen LogP contribution in [0, 0.1) is 6.92 Å². The molecule has 20 heavy (non-hydrogen) atoms. The Bertz CT molecular complexity index is 735. The Balaban J connectivity index is 1.80. The van der Waals surface area contributed by atoms with Crippen LogP contribution in [0.2, 0.25) is 0 Å². The van der Waals surface area contributed by atoms with Crippen LogP contribution in [0.25, 0.3) is 0 Å². The maximum atomic E-state index is 4.82. The molecule has 0 aliphatic carbocycles. The van der Waals surface area contributed by atoms with Crippen molar-refractivity contribution in [2.45, 2.75) is 11.8 Å². The number of nitrogens with zero attached hydrogens (tertiary/aromatic N) is 2. The molecule has 2 heterocycles. The first kappa shape index (κ1) is 11.6. The molecule has 2 aromatic carbocycles. The first-order chi connectivity index (χ1) is 9.81. The monoisotopic (exact) mass is 279 g/mol. The van der Waals surface area contributed by atoms with Gasteiger partial charge in [0, 0.05) is 11.1 Å². The van der Waals surface area contributed by atoms with Gasteiger partial charge in [-0.15, -0.1) is 0 Å². The number of aryl methyl sites for hydroxylation is 1. The van der Waals surface area contributed by atoms with E-state index in [1.807, 2.05) is 29.4 Å². The number of nitrogens with one attached hydrogen (secondary N) is 1. The van der Waals surface area contributed by atoms with Crippen molar-refractivity contribution in [3.05, 3.63) is 65.2 Å². The van der Waals surface area contributed by atoms with Gasteiger partial charge in [-0.3, -0.25) is 5.43 Å². The second kappa shape index (κ2) is 4.42. The fourth-order valence-corrected chi connectivity index (χ4v) is 3.27. The quantitative estimate of drug-likeness (QED) is 0.855. The third kappa shape index (κ3) is 1.80. The number of hydrogen-bond donors (Lipinski definition) is 1. The summed E-state index contributed by atoms with van der Waals surface area (Å²) in [4.78, 5) is 7.19. The molecule has 98 valence electrons. The van der Waals surface area contributed by atoms with Crippen molar-refractivity contribution in [3.8, 4) is 0 Å². The van der Waals surface area contributed by atoms with E-state index in [0.29, 0.717) is 0 Å². The molecule has 1 N–H and O–H groups in total. The van der Waals surface area contributed by atoms with E-state index in [4.69, 9.17) is 4.99 Å². The SMILES string of the molecule is Cc1ccc2c(c1)N=C1C(=CNN1c1ccccc1)S2. The Morgan fingerprint density at radius 1 is 1.10 bits per heavy atom. The maximum Gasteiger partial charge on any atom is 0.168 e. The Kier molecular flexibility index (Phi) is 2.57. The highest BCUT2D eigenvalue weighted by atomic mass is 32.2. The Morgan fingerprint density at radius 2 is 1.95 bits per heavy atom. The van der Waals surface area contributed by atoms with Crippen LogP contribution in [-0.2, 0) is 0 Å². The lowest BCUT2D eigenvalue weighted by atomic mass is 10.2. The average molecular weight is 279 g/mol. The Labute approximate surface area is 122 Å². The highest BCUT2D eigenvalue weighted by molar-refractivity contribution is 8.04. The highest BCUT2D eigenvalue weighted by Crippen LogP contribution is 2.42. The standard InChI is InChI=1S/C16H13N3S/c1-11-7-8-14-13(9-11)18-16-15(20-14)10-17-19(16)12-5-3-2-4-6-12/h2-10,17H,1H3. The number of para-hydroxylation sites is 1. The molecule has 0 aromatic heterocycles. The number of hydrazine groups is 1. The summed E-state index contributed by atoms with van der Waals surface area (Å²) in [6.45, 7) is 2.10. The van der Waals surface area contributed by atoms with E-state index in [9.17, 15) is 0 Å². The van der Waals surface area contributed by atoms with E-state index in [1.54, 1.807) is 11.8 Å². The van der Waals surface area contributed by atoms with Crippen LogP contribution in [-0.4, -0.2) is 5.84 Å². The molecule has 0 unspecified atom stereocenters. The zero-order valence-electron chi connectivity index (χ0n) is 11.0. The summed E-state index contributed by atoms with van der Waals surface area (Å²) in [6.07, 6.45) is 2.01. The zero-order valence-corrected chi connectivity index (χ0v) is 11.8. The van der Waals surface area contributed by atoms with Gasteiger partial charge in [0.1, 0.15) is 0 Å². The second-order valence-corrected chi connectivity index (χ2v) is 5.90. The highest BCUT2D eigenvalue weighted by Gasteiger charge is 2.28. The largest absolute Gasteiger partial charge is 0.298 e. The van der Waals surface area contributed by atoms with Crippen LogP contribution < -0.4 is 10.4 Å². The van der Waals surface area contributed by atoms with E-state index in [1.165, 1.54) is 10.5 Å². The van der Waals surface area contributed by atoms with E-state index in [2.05, 4.69) is 42.7 Å². The van der Waals surface area contributed by atoms with Gasteiger partial charge < -0.3 is 0 Å². The van der Waals surface area contributed by atoms with Gasteiger partial charge >= 0.3 is 0 Å². The molecular formula is C16H13N3S. The summed E-state index contributed by atoms with van der Waals surface area (Å²) in [6, 6.07) is 16.6. The number of rotatable bonds is 1. The number of fused-ring (bicyclic) bond motifs is 2. The molecule has 0 amide bonds. The van der Waals surface area contributed by atoms with Crippen molar-refractivity contribution in [1.29, 1.82) is 0 Å². The van der Waals surface area contributed by atoms with Crippen LogP contribution in [0.3, 0.4) is 0 Å². The van der Waals surface area contributed by atoms with Gasteiger partial charge in [-0.1, -0.05) is 36.0 Å². The lowest BCUT2D eigenvalue weighted by Crippen LogP contribution is -2.35. The van der Waals surface area contributed by atoms with E-state index in [0.717, 1.165) is 22.1 Å². The number of benzene rings is 2. The summed E-state index contributed by atoms with van der Waals surface area (Å²) in [5, 5.41) is 2.02. The van der Waals surface area contributed by atoms with Gasteiger partial charge in [0.25, 0.3) is 0 Å². The normalized spacial score (nSPS) is 15.9. The minimum absolute atomic E-state index is 0.972. The van der Waals surface area contributed by atoms with Crippen molar-refractivity contribution in [3.63, 3.8) is 0 Å². The number of hydrogen-bond acceptors (Lipinski definition) is 4. The molecule has 0 spiro atoms. The molecule has 3 nitrogen and oxygen atoms in total. The summed E-state index contributed by atoms with van der Waals surface area (Å²) in [5.41, 5.74) is 6.66. The van der Waals surface area contributed by atoms with Crippen LogP contribution in [0.15, 0.2) is 69.5 Å². The van der Waals surface area contributed by atoms with Crippen molar-refractivity contribution in [1.82, 2.24) is 5.43 Å². The van der Waals surface area contributed by atoms with Gasteiger partial charge in [0.2, 0.25) is 0 Å². The molecule has 2 aliphatic rings. The second-order valence-electron chi connectivity index (χ2n) is 4.82. The third-order valence-corrected chi connectivity index (χ3v) is 4.42. The Morgan fingerprint density at radius 3 is 2.80 bits per heavy atom. The van der Waals surface area contributed by atoms with Crippen LogP contribution in [0.5, 0.6) is 0 Å². The topological polar surface area (TPSA) is 27.6 Å². The van der Waals surface area contributed by atoms with Gasteiger partial charge in [-0.25, -0.2) is 10.0 Å². The maximum absolute atomic E-state index is 4.82. The minimum Gasteiger partial charge on any atom is -0.298 e. The molecule has 4 rings (SSSR count). The predicted molar refractivity (Wildman–Crippen MR) is 84.3 cm³/mol. The molecule has 4 heteroatoms. The summed E-state index contributed by atoms with van der Waals surface area (Å²) in [5.74, 6) is 0.972. The number of aliphatic imine (C=N–C) groups is 1. The molecule has 0 saturated carbocycles. The summed E-state index contributed by atoms with van der Waals surface area (Å²) < 4.78 is 0. The predicted octanol–water partition coefficient (Wildman–Crippen LogP) is 4.00. The number of thioether (sulfide) groups is 1. The molecule has 0 fully saturated rings. The third-order valence-electron chi connectivity index (χ3n) is 3.33. The number of anilines is 1. The van der Waals surface area contributed by atoms with Gasteiger partial charge in [-0.2, -0.15) is 0 Å². The van der Waals surface area contributed by atoms with Crippen molar-refractivity contribution < 1.29 is 0 Å². The fourth-order valence-electron chi connectivity index (χ4n) is 2.35. The number of amidine groups is 1. The first-order valence-corrected chi connectivity index (χ1v) is 7.32. The summed E-state index contributed by atoms with van der Waals surface area (Å²) >= 11 is 1.76. The zero-order chi connectivity index (χ0) is 13.5. The molecule has 0 bridgehead atoms. The first-order valence-electron chi connectivity index (χ1n) is 6.50. The fraction of sp³-hybridized carbons (Fsp3) is 0.0625. The molecular weight excluding hydrogens is 266 g/mol. The van der Waals surface area contributed by atoms with Crippen molar-refractivity contribution >= 4 is 29.0 Å². The van der Waals surface area contributed by atoms with Crippen molar-refractivity contribution in [2.75, 3.05) is 5.01 Å². The van der Waals surface area contributed by atoms with Gasteiger partial charge in [-0.05, 0) is 36.8 Å². The van der Waals surface area contributed by atoms with Crippen molar-refractivity contribution in [2.24, 2.45) is 4.99 Å². The molecule has 0 atom stereocenters. The summed E-state index contributed by atoms with van der Waals surface area (Å²) in [7, 11) is 0. The lowest BCUT2D eigenvalue weighted by Gasteiger charge is -2.23. The molecule has 2 aliphatic heterocycles. The van der Waals surface area contributed by atoms with Gasteiger partial charge in [0.15, 0.2) is 5.84 Å². The average Bonchev–Trinajstić information content (AvgIpc) is 2.88.